The van der Waals surface area contributed by atoms with Gasteiger partial charge in [-0.2, -0.15) is 0 Å². The number of amides is 1. The van der Waals surface area contributed by atoms with E-state index in [-0.39, 0.29) is 11.6 Å². The van der Waals surface area contributed by atoms with Crippen molar-refractivity contribution in [3.8, 4) is 0 Å². The number of carbonyl (C=O) groups excluding carboxylic acids is 1. The normalized spacial score (nSPS) is 14.2. The van der Waals surface area contributed by atoms with E-state index in [2.05, 4.69) is 15.0 Å². The molecule has 1 amide bonds. The molecule has 2 aromatic rings. The van der Waals surface area contributed by atoms with Gasteiger partial charge in [0.05, 0.1) is 11.3 Å². The number of hydrogen-bond donors (Lipinski definition) is 0. The summed E-state index contributed by atoms with van der Waals surface area (Å²) < 4.78 is 14.2. The number of anilines is 1. The molecule has 7 nitrogen and oxygen atoms in total. The molecule has 1 aromatic carbocycles. The van der Waals surface area contributed by atoms with Crippen molar-refractivity contribution in [1.29, 1.82) is 0 Å². The Morgan fingerprint density at radius 1 is 1.25 bits per heavy atom. The summed E-state index contributed by atoms with van der Waals surface area (Å²) in [5.41, 5.74) is 9.62. The van der Waals surface area contributed by atoms with Crippen molar-refractivity contribution in [2.45, 2.75) is 0 Å². The van der Waals surface area contributed by atoms with E-state index < -0.39 is 5.82 Å². The van der Waals surface area contributed by atoms with Crippen molar-refractivity contribution < 1.29 is 9.18 Å². The molecule has 1 saturated heterocycles. The Balaban J connectivity index is 1.67. The Hall–Kier alpha value is -3.12. The lowest BCUT2D eigenvalue weighted by Gasteiger charge is -2.36. The standard InChI is InChI=1S/C16H15FN6O/c17-14-10-13(20-21-18)3-4-15(14)22-6-8-23(9-7-22)16(24)12-2-1-5-19-11-12/h1-5,10-11H,6-9H2. The molecular weight excluding hydrogens is 311 g/mol. The molecule has 0 radical (unpaired) electrons. The van der Waals surface area contributed by atoms with Gasteiger partial charge in [-0.15, -0.1) is 0 Å². The number of rotatable bonds is 3. The predicted octanol–water partition coefficient (Wildman–Crippen LogP) is 3.12. The minimum Gasteiger partial charge on any atom is -0.366 e. The van der Waals surface area contributed by atoms with E-state index in [4.69, 9.17) is 5.53 Å². The molecule has 0 saturated carbocycles. The maximum absolute atomic E-state index is 14.2. The fourth-order valence-corrected chi connectivity index (χ4v) is 2.69. The van der Waals surface area contributed by atoms with Crippen LogP contribution in [0.4, 0.5) is 15.8 Å². The fraction of sp³-hybridized carbons (Fsp3) is 0.250. The molecule has 0 aliphatic carbocycles. The minimum atomic E-state index is -0.438. The molecule has 0 bridgehead atoms. The van der Waals surface area contributed by atoms with E-state index in [1.807, 2.05) is 4.90 Å². The van der Waals surface area contributed by atoms with Crippen molar-refractivity contribution in [3.63, 3.8) is 0 Å². The van der Waals surface area contributed by atoms with E-state index in [1.165, 1.54) is 6.07 Å². The third-order valence-electron chi connectivity index (χ3n) is 3.91. The van der Waals surface area contributed by atoms with Gasteiger partial charge in [0, 0.05) is 49.2 Å². The molecule has 1 aliphatic heterocycles. The zero-order valence-corrected chi connectivity index (χ0v) is 12.8. The van der Waals surface area contributed by atoms with Gasteiger partial charge in [0.1, 0.15) is 5.82 Å². The van der Waals surface area contributed by atoms with Crippen LogP contribution in [-0.4, -0.2) is 42.0 Å². The monoisotopic (exact) mass is 326 g/mol. The van der Waals surface area contributed by atoms with E-state index in [1.54, 1.807) is 41.6 Å². The van der Waals surface area contributed by atoms with Crippen LogP contribution in [-0.2, 0) is 0 Å². The predicted molar refractivity (Wildman–Crippen MR) is 87.6 cm³/mol. The Bertz CT molecular complexity index is 782. The highest BCUT2D eigenvalue weighted by Gasteiger charge is 2.23. The lowest BCUT2D eigenvalue weighted by molar-refractivity contribution is 0.0746. The number of carbonyl (C=O) groups is 1. The van der Waals surface area contributed by atoms with E-state index in [9.17, 15) is 9.18 Å². The first kappa shape index (κ1) is 15.8. The number of hydrogen-bond acceptors (Lipinski definition) is 4. The van der Waals surface area contributed by atoms with Gasteiger partial charge in [0.25, 0.3) is 5.91 Å². The molecule has 0 spiro atoms. The van der Waals surface area contributed by atoms with Gasteiger partial charge >= 0.3 is 0 Å². The van der Waals surface area contributed by atoms with Crippen molar-refractivity contribution in [2.75, 3.05) is 31.1 Å². The average Bonchev–Trinajstić information content (AvgIpc) is 2.62. The highest BCUT2D eigenvalue weighted by atomic mass is 19.1. The van der Waals surface area contributed by atoms with E-state index >= 15 is 0 Å². The molecule has 8 heteroatoms. The second-order valence-electron chi connectivity index (χ2n) is 5.35. The van der Waals surface area contributed by atoms with Gasteiger partial charge in [-0.25, -0.2) is 4.39 Å². The molecule has 0 unspecified atom stereocenters. The number of aromatic nitrogens is 1. The van der Waals surface area contributed by atoms with Crippen LogP contribution in [0.5, 0.6) is 0 Å². The zero-order chi connectivity index (χ0) is 16.9. The van der Waals surface area contributed by atoms with Crippen LogP contribution in [0.15, 0.2) is 47.8 Å². The van der Waals surface area contributed by atoms with Gasteiger partial charge in [-0.3, -0.25) is 9.78 Å². The first-order chi connectivity index (χ1) is 11.7. The molecule has 0 atom stereocenters. The summed E-state index contributed by atoms with van der Waals surface area (Å²) in [4.78, 5) is 22.6. The van der Waals surface area contributed by atoms with Gasteiger partial charge in [0.15, 0.2) is 0 Å². The number of benzene rings is 1. The third kappa shape index (κ3) is 3.28. The van der Waals surface area contributed by atoms with Crippen LogP contribution < -0.4 is 4.90 Å². The Kier molecular flexibility index (Phi) is 4.58. The van der Waals surface area contributed by atoms with Gasteiger partial charge in [-0.05, 0) is 29.8 Å². The van der Waals surface area contributed by atoms with Crippen molar-refractivity contribution in [1.82, 2.24) is 9.88 Å². The van der Waals surface area contributed by atoms with Crippen LogP contribution in [0.2, 0.25) is 0 Å². The SMILES string of the molecule is [N-]=[N+]=Nc1ccc(N2CCN(C(=O)c3cccnc3)CC2)c(F)c1. The average molecular weight is 326 g/mol. The van der Waals surface area contributed by atoms with Crippen LogP contribution in [0, 0.1) is 5.82 Å². The summed E-state index contributed by atoms with van der Waals surface area (Å²) in [7, 11) is 0. The van der Waals surface area contributed by atoms with Crippen LogP contribution in [0.1, 0.15) is 10.4 Å². The quantitative estimate of drug-likeness (QED) is 0.493. The maximum atomic E-state index is 14.2. The molecule has 0 N–H and O–H groups in total. The maximum Gasteiger partial charge on any atom is 0.255 e. The number of halogens is 1. The summed E-state index contributed by atoms with van der Waals surface area (Å²) in [5, 5.41) is 3.39. The molecule has 122 valence electrons. The summed E-state index contributed by atoms with van der Waals surface area (Å²) in [5.74, 6) is -0.506. The fourth-order valence-electron chi connectivity index (χ4n) is 2.69. The first-order valence-corrected chi connectivity index (χ1v) is 7.48. The molecule has 3 rings (SSSR count). The van der Waals surface area contributed by atoms with Gasteiger partial charge in [0.2, 0.25) is 0 Å². The van der Waals surface area contributed by atoms with E-state index in [0.29, 0.717) is 37.4 Å². The summed E-state index contributed by atoms with van der Waals surface area (Å²) >= 11 is 0. The van der Waals surface area contributed by atoms with Gasteiger partial charge in [-0.1, -0.05) is 11.2 Å². The number of piperazine rings is 1. The lowest BCUT2D eigenvalue weighted by atomic mass is 10.2. The minimum absolute atomic E-state index is 0.0677. The first-order valence-electron chi connectivity index (χ1n) is 7.48. The summed E-state index contributed by atoms with van der Waals surface area (Å²) in [6.45, 7) is 2.07. The number of pyridine rings is 1. The van der Waals surface area contributed by atoms with Crippen LogP contribution in [0.25, 0.3) is 10.4 Å². The van der Waals surface area contributed by atoms with Crippen LogP contribution >= 0.6 is 0 Å². The van der Waals surface area contributed by atoms with Crippen molar-refractivity contribution in [2.24, 2.45) is 5.11 Å². The molecule has 24 heavy (non-hydrogen) atoms. The highest BCUT2D eigenvalue weighted by Crippen LogP contribution is 2.25. The second-order valence-corrected chi connectivity index (χ2v) is 5.35. The lowest BCUT2D eigenvalue weighted by Crippen LogP contribution is -2.49. The molecule has 1 fully saturated rings. The van der Waals surface area contributed by atoms with Crippen molar-refractivity contribution >= 4 is 17.3 Å². The molecule has 1 aliphatic rings. The second kappa shape index (κ2) is 6.97. The van der Waals surface area contributed by atoms with Gasteiger partial charge < -0.3 is 9.80 Å². The smallest absolute Gasteiger partial charge is 0.255 e. The third-order valence-corrected chi connectivity index (χ3v) is 3.91. The number of nitrogens with zero attached hydrogens (tertiary/aromatic N) is 6. The Morgan fingerprint density at radius 3 is 2.67 bits per heavy atom. The largest absolute Gasteiger partial charge is 0.366 e. The van der Waals surface area contributed by atoms with E-state index in [0.717, 1.165) is 0 Å². The molecule has 2 heterocycles. The Labute approximate surface area is 138 Å². The highest BCUT2D eigenvalue weighted by molar-refractivity contribution is 5.94. The van der Waals surface area contributed by atoms with Crippen LogP contribution in [0.3, 0.4) is 0 Å². The number of azide groups is 1. The Morgan fingerprint density at radius 2 is 2.04 bits per heavy atom. The molecule has 1 aromatic heterocycles. The summed E-state index contributed by atoms with van der Waals surface area (Å²) in [6.07, 6.45) is 3.17. The summed E-state index contributed by atoms with van der Waals surface area (Å²) in [6, 6.07) is 7.84. The zero-order valence-electron chi connectivity index (χ0n) is 12.8. The topological polar surface area (TPSA) is 85.2 Å². The van der Waals surface area contributed by atoms with Crippen molar-refractivity contribution in [3.05, 3.63) is 64.5 Å². The molecular formula is C16H15FN6O.